The second kappa shape index (κ2) is 3.11. The van der Waals surface area contributed by atoms with Gasteiger partial charge >= 0.3 is 0 Å². The van der Waals surface area contributed by atoms with Crippen LogP contribution in [0.3, 0.4) is 0 Å². The second-order valence-corrected chi connectivity index (χ2v) is 2.72. The maximum absolute atomic E-state index is 5.84. The van der Waals surface area contributed by atoms with Crippen LogP contribution in [0.2, 0.25) is 5.02 Å². The fourth-order valence-electron chi connectivity index (χ4n) is 0.844. The van der Waals surface area contributed by atoms with E-state index in [0.717, 1.165) is 10.6 Å². The van der Waals surface area contributed by atoms with Crippen molar-refractivity contribution in [2.24, 2.45) is 0 Å². The van der Waals surface area contributed by atoms with Gasteiger partial charge in [0.1, 0.15) is 0 Å². The fourth-order valence-corrected chi connectivity index (χ4v) is 1.15. The zero-order valence-electron chi connectivity index (χ0n) is 5.84. The molecule has 50 valence electrons. The van der Waals surface area contributed by atoms with Crippen LogP contribution in [0, 0.1) is 0 Å². The quantitative estimate of drug-likeness (QED) is 0.540. The van der Waals surface area contributed by atoms with Crippen molar-refractivity contribution in [3.05, 3.63) is 34.9 Å². The molecule has 0 saturated heterocycles. The summed E-state index contributed by atoms with van der Waals surface area (Å²) in [7, 11) is 5.63. The first-order valence-electron chi connectivity index (χ1n) is 3.22. The van der Waals surface area contributed by atoms with Crippen LogP contribution in [0.25, 0.3) is 0 Å². The predicted octanol–water partition coefficient (Wildman–Crippen LogP) is 2.57. The SMILES string of the molecule is [B]C(C)c1ccccc1Cl. The Morgan fingerprint density at radius 3 is 2.40 bits per heavy atom. The molecule has 0 heterocycles. The summed E-state index contributed by atoms with van der Waals surface area (Å²) in [5.74, 6) is 0.0219. The standard InChI is InChI=1S/C8H8BCl/c1-6(9)7-4-2-3-5-8(7)10/h2-6H,1H3. The first-order valence-corrected chi connectivity index (χ1v) is 3.59. The molecule has 1 aromatic carbocycles. The van der Waals surface area contributed by atoms with Gasteiger partial charge in [-0.2, -0.15) is 0 Å². The molecule has 10 heavy (non-hydrogen) atoms. The molecule has 0 fully saturated rings. The van der Waals surface area contributed by atoms with Crippen LogP contribution in [-0.2, 0) is 0 Å². The van der Waals surface area contributed by atoms with Crippen LogP contribution >= 0.6 is 11.6 Å². The van der Waals surface area contributed by atoms with E-state index in [1.807, 2.05) is 31.2 Å². The lowest BCUT2D eigenvalue weighted by atomic mass is 9.83. The zero-order chi connectivity index (χ0) is 7.56. The van der Waals surface area contributed by atoms with Crippen LogP contribution in [0.5, 0.6) is 0 Å². The third kappa shape index (κ3) is 1.54. The highest BCUT2D eigenvalue weighted by Crippen LogP contribution is 2.20. The number of hydrogen-bond donors (Lipinski definition) is 0. The van der Waals surface area contributed by atoms with Crippen LogP contribution in [0.15, 0.2) is 24.3 Å². The van der Waals surface area contributed by atoms with Gasteiger partial charge in [0.05, 0.1) is 7.85 Å². The average Bonchev–Trinajstić information content (AvgIpc) is 1.88. The lowest BCUT2D eigenvalue weighted by Gasteiger charge is -2.06. The molecule has 0 saturated carbocycles. The minimum Gasteiger partial charge on any atom is -0.0841 e. The molecule has 0 aromatic heterocycles. The Morgan fingerprint density at radius 2 is 2.00 bits per heavy atom. The van der Waals surface area contributed by atoms with Gasteiger partial charge in [-0.15, -0.1) is 0 Å². The topological polar surface area (TPSA) is 0 Å². The highest BCUT2D eigenvalue weighted by molar-refractivity contribution is 6.32. The smallest absolute Gasteiger partial charge is 0.0760 e. The van der Waals surface area contributed by atoms with Gasteiger partial charge in [0.15, 0.2) is 0 Å². The van der Waals surface area contributed by atoms with Crippen LogP contribution in [0.4, 0.5) is 0 Å². The molecular formula is C8H8BCl. The molecule has 0 amide bonds. The number of benzene rings is 1. The number of hydrogen-bond acceptors (Lipinski definition) is 0. The highest BCUT2D eigenvalue weighted by Gasteiger charge is 2.00. The second-order valence-electron chi connectivity index (χ2n) is 2.31. The van der Waals surface area contributed by atoms with Gasteiger partial charge in [-0.25, -0.2) is 0 Å². The lowest BCUT2D eigenvalue weighted by molar-refractivity contribution is 1.08. The summed E-state index contributed by atoms with van der Waals surface area (Å²) >= 11 is 5.84. The van der Waals surface area contributed by atoms with E-state index in [-0.39, 0.29) is 5.82 Å². The molecule has 0 N–H and O–H groups in total. The normalized spacial score (nSPS) is 13.0. The molecule has 0 spiro atoms. The lowest BCUT2D eigenvalue weighted by Crippen LogP contribution is -1.91. The van der Waals surface area contributed by atoms with Crippen LogP contribution in [-0.4, -0.2) is 7.85 Å². The van der Waals surface area contributed by atoms with E-state index >= 15 is 0 Å². The van der Waals surface area contributed by atoms with E-state index in [4.69, 9.17) is 19.4 Å². The van der Waals surface area contributed by atoms with Crippen molar-refractivity contribution < 1.29 is 0 Å². The van der Waals surface area contributed by atoms with Crippen molar-refractivity contribution in [2.75, 3.05) is 0 Å². The molecule has 1 rings (SSSR count). The van der Waals surface area contributed by atoms with E-state index in [9.17, 15) is 0 Å². The zero-order valence-corrected chi connectivity index (χ0v) is 6.60. The van der Waals surface area contributed by atoms with E-state index < -0.39 is 0 Å². The third-order valence-corrected chi connectivity index (χ3v) is 1.74. The Balaban J connectivity index is 3.03. The van der Waals surface area contributed by atoms with Gasteiger partial charge in [-0.1, -0.05) is 42.5 Å². The van der Waals surface area contributed by atoms with E-state index in [1.165, 1.54) is 0 Å². The van der Waals surface area contributed by atoms with Crippen LogP contribution in [0.1, 0.15) is 18.3 Å². The summed E-state index contributed by atoms with van der Waals surface area (Å²) < 4.78 is 0. The summed E-state index contributed by atoms with van der Waals surface area (Å²) in [6, 6.07) is 7.62. The summed E-state index contributed by atoms with van der Waals surface area (Å²) in [5.41, 5.74) is 1.00. The Hall–Kier alpha value is -0.425. The Labute approximate surface area is 67.6 Å². The van der Waals surface area contributed by atoms with Crippen molar-refractivity contribution in [3.8, 4) is 0 Å². The van der Waals surface area contributed by atoms with E-state index in [0.29, 0.717) is 0 Å². The minimum atomic E-state index is 0.0219. The molecule has 0 nitrogen and oxygen atoms in total. The average molecular weight is 150 g/mol. The molecule has 0 aliphatic rings. The van der Waals surface area contributed by atoms with E-state index in [1.54, 1.807) is 0 Å². The molecule has 0 aliphatic heterocycles. The first-order chi connectivity index (χ1) is 4.72. The highest BCUT2D eigenvalue weighted by atomic mass is 35.5. The molecule has 1 unspecified atom stereocenters. The maximum Gasteiger partial charge on any atom is 0.0760 e. The molecule has 0 aliphatic carbocycles. The molecule has 0 bridgehead atoms. The maximum atomic E-state index is 5.84. The van der Waals surface area contributed by atoms with Gasteiger partial charge in [0, 0.05) is 5.02 Å². The van der Waals surface area contributed by atoms with Gasteiger partial charge in [-0.05, 0) is 11.6 Å². The molecule has 1 atom stereocenters. The van der Waals surface area contributed by atoms with Crippen molar-refractivity contribution in [1.29, 1.82) is 0 Å². The first kappa shape index (κ1) is 7.68. The van der Waals surface area contributed by atoms with Gasteiger partial charge < -0.3 is 0 Å². The Kier molecular flexibility index (Phi) is 2.39. The summed E-state index contributed by atoms with van der Waals surface area (Å²) in [6.07, 6.45) is 0. The molecular weight excluding hydrogens is 142 g/mol. The number of rotatable bonds is 1. The van der Waals surface area contributed by atoms with Crippen molar-refractivity contribution in [2.45, 2.75) is 12.7 Å². The minimum absolute atomic E-state index is 0.0219. The largest absolute Gasteiger partial charge is 0.0841 e. The molecule has 2 radical (unpaired) electrons. The van der Waals surface area contributed by atoms with Gasteiger partial charge in [0.2, 0.25) is 0 Å². The van der Waals surface area contributed by atoms with Crippen molar-refractivity contribution in [1.82, 2.24) is 0 Å². The fraction of sp³-hybridized carbons (Fsp3) is 0.250. The Morgan fingerprint density at radius 1 is 1.40 bits per heavy atom. The molecule has 1 aromatic rings. The summed E-state index contributed by atoms with van der Waals surface area (Å²) in [6.45, 7) is 1.92. The van der Waals surface area contributed by atoms with Crippen molar-refractivity contribution in [3.63, 3.8) is 0 Å². The van der Waals surface area contributed by atoms with E-state index in [2.05, 4.69) is 0 Å². The predicted molar refractivity (Wildman–Crippen MR) is 45.6 cm³/mol. The summed E-state index contributed by atoms with van der Waals surface area (Å²) in [4.78, 5) is 0. The van der Waals surface area contributed by atoms with Gasteiger partial charge in [-0.3, -0.25) is 0 Å². The summed E-state index contributed by atoms with van der Waals surface area (Å²) in [5, 5.41) is 0.748. The van der Waals surface area contributed by atoms with Crippen LogP contribution < -0.4 is 0 Å². The monoisotopic (exact) mass is 150 g/mol. The number of halogens is 1. The van der Waals surface area contributed by atoms with Crippen molar-refractivity contribution >= 4 is 19.4 Å². The molecule has 2 heteroatoms. The third-order valence-electron chi connectivity index (χ3n) is 1.40. The van der Waals surface area contributed by atoms with Gasteiger partial charge in [0.25, 0.3) is 0 Å². The Bertz CT molecular complexity index is 220.